The van der Waals surface area contributed by atoms with E-state index in [1.807, 2.05) is 42.5 Å². The number of piperidine rings is 1. The molecule has 2 aromatic carbocycles. The van der Waals surface area contributed by atoms with Crippen LogP contribution in [0.25, 0.3) is 0 Å². The van der Waals surface area contributed by atoms with E-state index >= 15 is 0 Å². The van der Waals surface area contributed by atoms with Gasteiger partial charge in [-0.3, -0.25) is 9.69 Å². The molecule has 1 saturated heterocycles. The molecule has 1 aliphatic heterocycles. The summed E-state index contributed by atoms with van der Waals surface area (Å²) in [4.78, 5) is 16.3. The van der Waals surface area contributed by atoms with Gasteiger partial charge in [-0.25, -0.2) is 0 Å². The summed E-state index contributed by atoms with van der Waals surface area (Å²) in [6.07, 6.45) is 1.28. The second-order valence-corrected chi connectivity index (χ2v) is 9.85. The van der Waals surface area contributed by atoms with Crippen LogP contribution < -0.4 is 14.2 Å². The van der Waals surface area contributed by atoms with Gasteiger partial charge >= 0.3 is 5.97 Å². The number of carbonyl (C=O) groups is 1. The van der Waals surface area contributed by atoms with Crippen molar-refractivity contribution in [2.45, 2.75) is 32.4 Å². The minimum Gasteiger partial charge on any atom is -0.493 e. The third-order valence-corrected chi connectivity index (χ3v) is 7.35. The average Bonchev–Trinajstić information content (AvgIpc) is 3.29. The van der Waals surface area contributed by atoms with Crippen LogP contribution in [0.1, 0.15) is 39.8 Å². The zero-order chi connectivity index (χ0) is 24.1. The van der Waals surface area contributed by atoms with Gasteiger partial charge in [-0.05, 0) is 68.2 Å². The summed E-state index contributed by atoms with van der Waals surface area (Å²) >= 11 is 1.76. The SMILES string of the molecule is COc1cc(C(c2ccc(C)s2)N2CCC(C(=O)O)CC2)cc(OC)c1OCc1ccccc1. The van der Waals surface area contributed by atoms with Crippen molar-refractivity contribution in [3.05, 3.63) is 75.5 Å². The first kappa shape index (κ1) is 24.1. The summed E-state index contributed by atoms with van der Waals surface area (Å²) in [5.74, 6) is 0.822. The lowest BCUT2D eigenvalue weighted by molar-refractivity contribution is -0.143. The number of carboxylic acid groups (broad SMARTS) is 1. The molecular formula is C27H31NO5S. The molecule has 3 aromatic rings. The maximum Gasteiger partial charge on any atom is 0.306 e. The second kappa shape index (κ2) is 10.9. The van der Waals surface area contributed by atoms with E-state index in [9.17, 15) is 9.90 Å². The van der Waals surface area contributed by atoms with Crippen molar-refractivity contribution in [1.82, 2.24) is 4.90 Å². The Morgan fingerprint density at radius 3 is 2.24 bits per heavy atom. The second-order valence-electron chi connectivity index (χ2n) is 8.53. The molecule has 1 unspecified atom stereocenters. The molecule has 0 amide bonds. The minimum atomic E-state index is -0.702. The Balaban J connectivity index is 1.67. The number of likely N-dealkylation sites (tertiary alicyclic amines) is 1. The number of nitrogens with zero attached hydrogens (tertiary/aromatic N) is 1. The molecule has 1 aliphatic rings. The lowest BCUT2D eigenvalue weighted by atomic mass is 9.93. The number of hydrogen-bond donors (Lipinski definition) is 1. The fourth-order valence-corrected chi connectivity index (χ4v) is 5.53. The van der Waals surface area contributed by atoms with Crippen molar-refractivity contribution in [3.8, 4) is 17.2 Å². The Bertz CT molecular complexity index is 1080. The normalized spacial score (nSPS) is 15.6. The third-order valence-electron chi connectivity index (χ3n) is 6.30. The van der Waals surface area contributed by atoms with Crippen LogP contribution in [0.5, 0.6) is 17.2 Å². The number of benzene rings is 2. The fraction of sp³-hybridized carbons (Fsp3) is 0.370. The van der Waals surface area contributed by atoms with Crippen LogP contribution in [0.4, 0.5) is 0 Å². The van der Waals surface area contributed by atoms with Crippen molar-refractivity contribution < 1.29 is 24.1 Å². The summed E-state index contributed by atoms with van der Waals surface area (Å²) in [7, 11) is 3.27. The van der Waals surface area contributed by atoms with Crippen molar-refractivity contribution in [1.29, 1.82) is 0 Å². The van der Waals surface area contributed by atoms with E-state index in [-0.39, 0.29) is 12.0 Å². The maximum atomic E-state index is 11.5. The molecule has 7 heteroatoms. The Hall–Kier alpha value is -3.03. The van der Waals surface area contributed by atoms with Gasteiger partial charge in [-0.1, -0.05) is 30.3 Å². The van der Waals surface area contributed by atoms with Crippen molar-refractivity contribution >= 4 is 17.3 Å². The summed E-state index contributed by atoms with van der Waals surface area (Å²) in [5, 5.41) is 9.44. The van der Waals surface area contributed by atoms with Gasteiger partial charge in [-0.15, -0.1) is 11.3 Å². The van der Waals surface area contributed by atoms with Gasteiger partial charge < -0.3 is 19.3 Å². The highest BCUT2D eigenvalue weighted by molar-refractivity contribution is 7.12. The van der Waals surface area contributed by atoms with Crippen LogP contribution >= 0.6 is 11.3 Å². The molecule has 180 valence electrons. The van der Waals surface area contributed by atoms with E-state index in [2.05, 4.69) is 24.0 Å². The van der Waals surface area contributed by atoms with Crippen LogP contribution in [0.15, 0.2) is 54.6 Å². The monoisotopic (exact) mass is 481 g/mol. The van der Waals surface area contributed by atoms with E-state index in [4.69, 9.17) is 14.2 Å². The van der Waals surface area contributed by atoms with E-state index in [1.165, 1.54) is 9.75 Å². The topological polar surface area (TPSA) is 68.2 Å². The highest BCUT2D eigenvalue weighted by Gasteiger charge is 2.32. The molecule has 1 N–H and O–H groups in total. The summed E-state index contributed by atoms with van der Waals surface area (Å²) in [6.45, 7) is 3.94. The van der Waals surface area contributed by atoms with Crippen LogP contribution in [0.2, 0.25) is 0 Å². The summed E-state index contributed by atoms with van der Waals surface area (Å²) in [6, 6.07) is 18.3. The van der Waals surface area contributed by atoms with Gasteiger partial charge in [0.2, 0.25) is 5.75 Å². The molecule has 1 atom stereocenters. The molecule has 4 rings (SSSR count). The van der Waals surface area contributed by atoms with Gasteiger partial charge in [0, 0.05) is 9.75 Å². The summed E-state index contributed by atoms with van der Waals surface area (Å²) in [5.41, 5.74) is 2.10. The Labute approximate surface area is 204 Å². The van der Waals surface area contributed by atoms with Crippen LogP contribution in [0, 0.1) is 12.8 Å². The molecule has 6 nitrogen and oxygen atoms in total. The van der Waals surface area contributed by atoms with Crippen molar-refractivity contribution in [2.24, 2.45) is 5.92 Å². The molecule has 2 heterocycles. The smallest absolute Gasteiger partial charge is 0.306 e. The largest absolute Gasteiger partial charge is 0.493 e. The number of aryl methyl sites for hydroxylation is 1. The molecular weight excluding hydrogens is 450 g/mol. The number of ether oxygens (including phenoxy) is 3. The molecule has 1 aromatic heterocycles. The maximum absolute atomic E-state index is 11.5. The van der Waals surface area contributed by atoms with Crippen LogP contribution in [0.3, 0.4) is 0 Å². The molecule has 0 spiro atoms. The highest BCUT2D eigenvalue weighted by atomic mass is 32.1. The van der Waals surface area contributed by atoms with E-state index in [0.717, 1.165) is 24.2 Å². The van der Waals surface area contributed by atoms with E-state index in [0.29, 0.717) is 36.7 Å². The quantitative estimate of drug-likeness (QED) is 0.433. The number of hydrogen-bond acceptors (Lipinski definition) is 6. The predicted octanol–water partition coefficient (Wildman–Crippen LogP) is 5.54. The molecule has 0 bridgehead atoms. The summed E-state index contributed by atoms with van der Waals surface area (Å²) < 4.78 is 17.6. The molecule has 0 aliphatic carbocycles. The highest BCUT2D eigenvalue weighted by Crippen LogP contribution is 2.44. The van der Waals surface area contributed by atoms with Gasteiger partial charge in [0.25, 0.3) is 0 Å². The number of aliphatic carboxylic acids is 1. The number of thiophene rings is 1. The Morgan fingerprint density at radius 1 is 1.06 bits per heavy atom. The molecule has 34 heavy (non-hydrogen) atoms. The predicted molar refractivity (Wildman–Crippen MR) is 133 cm³/mol. The molecule has 0 radical (unpaired) electrons. The number of carboxylic acids is 1. The van der Waals surface area contributed by atoms with Gasteiger partial charge in [-0.2, -0.15) is 0 Å². The fourth-order valence-electron chi connectivity index (χ4n) is 4.49. The van der Waals surface area contributed by atoms with E-state index in [1.54, 1.807) is 25.6 Å². The number of rotatable bonds is 9. The molecule has 1 fully saturated rings. The van der Waals surface area contributed by atoms with E-state index < -0.39 is 5.97 Å². The average molecular weight is 482 g/mol. The first-order chi connectivity index (χ1) is 16.5. The third kappa shape index (κ3) is 5.37. The first-order valence-corrected chi connectivity index (χ1v) is 12.3. The zero-order valence-electron chi connectivity index (χ0n) is 19.8. The van der Waals surface area contributed by atoms with Crippen LogP contribution in [-0.4, -0.2) is 43.3 Å². The zero-order valence-corrected chi connectivity index (χ0v) is 20.6. The van der Waals surface area contributed by atoms with Gasteiger partial charge in [0.15, 0.2) is 11.5 Å². The molecule has 0 saturated carbocycles. The van der Waals surface area contributed by atoms with Gasteiger partial charge in [0.1, 0.15) is 6.61 Å². The lowest BCUT2D eigenvalue weighted by Gasteiger charge is -2.36. The minimum absolute atomic E-state index is 0.0144. The Morgan fingerprint density at radius 2 is 1.71 bits per heavy atom. The first-order valence-electron chi connectivity index (χ1n) is 11.5. The van der Waals surface area contributed by atoms with Crippen LogP contribution in [-0.2, 0) is 11.4 Å². The lowest BCUT2D eigenvalue weighted by Crippen LogP contribution is -2.39. The Kier molecular flexibility index (Phi) is 7.75. The van der Waals surface area contributed by atoms with Crippen molar-refractivity contribution in [3.63, 3.8) is 0 Å². The van der Waals surface area contributed by atoms with Crippen molar-refractivity contribution in [2.75, 3.05) is 27.3 Å². The van der Waals surface area contributed by atoms with Gasteiger partial charge in [0.05, 0.1) is 26.2 Å². The number of methoxy groups -OCH3 is 2. The standard InChI is InChI=1S/C27H31NO5S/c1-18-9-10-24(34-18)25(28-13-11-20(12-14-28)27(29)30)21-15-22(31-2)26(23(16-21)32-3)33-17-19-7-5-4-6-8-19/h4-10,15-16,20,25H,11-14,17H2,1-3H3,(H,29,30).